The first-order valence-corrected chi connectivity index (χ1v) is 11.7. The molecule has 33 heavy (non-hydrogen) atoms. The number of anilines is 1. The highest BCUT2D eigenvalue weighted by molar-refractivity contribution is 5.91. The predicted molar refractivity (Wildman–Crippen MR) is 123 cm³/mol. The summed E-state index contributed by atoms with van der Waals surface area (Å²) in [5, 5.41) is 3.45. The van der Waals surface area contributed by atoms with E-state index in [-0.39, 0.29) is 24.2 Å². The lowest BCUT2D eigenvalue weighted by Crippen LogP contribution is -2.53. The topological polar surface area (TPSA) is 111 Å². The van der Waals surface area contributed by atoms with Crippen LogP contribution in [-0.4, -0.2) is 71.6 Å². The van der Waals surface area contributed by atoms with Gasteiger partial charge in [0.1, 0.15) is 24.0 Å². The molecule has 0 radical (unpaired) electrons. The Bertz CT molecular complexity index is 1150. The summed E-state index contributed by atoms with van der Waals surface area (Å²) >= 11 is 0. The molecule has 3 atom stereocenters. The van der Waals surface area contributed by atoms with Gasteiger partial charge in [0.25, 0.3) is 0 Å². The lowest BCUT2D eigenvalue weighted by atomic mass is 10.1. The molecule has 5 rings (SSSR count). The van der Waals surface area contributed by atoms with E-state index in [0.717, 1.165) is 29.9 Å². The molecule has 1 aliphatic carbocycles. The molecule has 0 spiro atoms. The SMILES string of the molecule is CCn1c(-c2cnc(C)nc2)nc2c(N[C@H](C(=O)N3CC(C)OC(C)C3)C3CC3)ncnc21. The van der Waals surface area contributed by atoms with Gasteiger partial charge in [0.2, 0.25) is 5.91 Å². The van der Waals surface area contributed by atoms with E-state index in [1.54, 1.807) is 12.4 Å². The van der Waals surface area contributed by atoms with Crippen molar-refractivity contribution in [1.29, 1.82) is 0 Å². The fourth-order valence-electron chi connectivity index (χ4n) is 4.58. The normalized spacial score (nSPS) is 21.9. The van der Waals surface area contributed by atoms with Crippen molar-refractivity contribution >= 4 is 22.9 Å². The first kappa shape index (κ1) is 21.7. The van der Waals surface area contributed by atoms with Crippen molar-refractivity contribution < 1.29 is 9.53 Å². The Labute approximate surface area is 192 Å². The number of nitrogens with zero attached hydrogens (tertiary/aromatic N) is 7. The number of aromatic nitrogens is 6. The van der Waals surface area contributed by atoms with E-state index in [2.05, 4.69) is 25.3 Å². The summed E-state index contributed by atoms with van der Waals surface area (Å²) in [6.45, 7) is 9.82. The van der Waals surface area contributed by atoms with E-state index in [1.165, 1.54) is 6.33 Å². The molecule has 4 heterocycles. The summed E-state index contributed by atoms with van der Waals surface area (Å²) < 4.78 is 7.84. The number of hydrogen-bond acceptors (Lipinski definition) is 8. The molecule has 1 saturated carbocycles. The van der Waals surface area contributed by atoms with Crippen molar-refractivity contribution in [3.05, 3.63) is 24.5 Å². The van der Waals surface area contributed by atoms with Crippen molar-refractivity contribution in [1.82, 2.24) is 34.4 Å². The van der Waals surface area contributed by atoms with E-state index in [4.69, 9.17) is 9.72 Å². The average Bonchev–Trinajstić information content (AvgIpc) is 3.56. The summed E-state index contributed by atoms with van der Waals surface area (Å²) in [7, 11) is 0. The molecular formula is C23H30N8O2. The largest absolute Gasteiger partial charge is 0.372 e. The third-order valence-corrected chi connectivity index (χ3v) is 6.27. The molecule has 0 aromatic carbocycles. The second-order valence-electron chi connectivity index (χ2n) is 9.05. The highest BCUT2D eigenvalue weighted by atomic mass is 16.5. The van der Waals surface area contributed by atoms with Gasteiger partial charge < -0.3 is 19.5 Å². The van der Waals surface area contributed by atoms with Gasteiger partial charge in [0.15, 0.2) is 17.0 Å². The molecule has 1 amide bonds. The number of carbonyl (C=O) groups is 1. The van der Waals surface area contributed by atoms with Gasteiger partial charge in [-0.2, -0.15) is 0 Å². The van der Waals surface area contributed by atoms with Crippen LogP contribution in [0.2, 0.25) is 0 Å². The van der Waals surface area contributed by atoms with Crippen LogP contribution >= 0.6 is 0 Å². The van der Waals surface area contributed by atoms with Crippen LogP contribution in [0.5, 0.6) is 0 Å². The molecular weight excluding hydrogens is 420 g/mol. The van der Waals surface area contributed by atoms with Crippen LogP contribution < -0.4 is 5.32 Å². The summed E-state index contributed by atoms with van der Waals surface area (Å²) in [4.78, 5) is 37.9. The van der Waals surface area contributed by atoms with Gasteiger partial charge in [0.05, 0.1) is 17.8 Å². The van der Waals surface area contributed by atoms with E-state index < -0.39 is 0 Å². The molecule has 2 aliphatic rings. The van der Waals surface area contributed by atoms with E-state index in [1.807, 2.05) is 37.2 Å². The van der Waals surface area contributed by atoms with Crippen LogP contribution in [0.3, 0.4) is 0 Å². The molecule has 10 nitrogen and oxygen atoms in total. The Balaban J connectivity index is 1.48. The number of morpholine rings is 1. The van der Waals surface area contributed by atoms with Crippen LogP contribution in [0, 0.1) is 12.8 Å². The highest BCUT2D eigenvalue weighted by Gasteiger charge is 2.40. The highest BCUT2D eigenvalue weighted by Crippen LogP contribution is 2.36. The second-order valence-corrected chi connectivity index (χ2v) is 9.05. The van der Waals surface area contributed by atoms with Gasteiger partial charge in [-0.1, -0.05) is 0 Å². The number of rotatable bonds is 6. The zero-order chi connectivity index (χ0) is 23.1. The Hall–Kier alpha value is -3.14. The molecule has 2 unspecified atom stereocenters. The second kappa shape index (κ2) is 8.66. The maximum absolute atomic E-state index is 13.5. The first-order valence-electron chi connectivity index (χ1n) is 11.7. The third-order valence-electron chi connectivity index (χ3n) is 6.27. The first-order chi connectivity index (χ1) is 15.9. The molecule has 1 N–H and O–H groups in total. The Kier molecular flexibility index (Phi) is 5.69. The van der Waals surface area contributed by atoms with Crippen molar-refractivity contribution in [2.24, 2.45) is 5.92 Å². The van der Waals surface area contributed by atoms with E-state index in [0.29, 0.717) is 42.7 Å². The van der Waals surface area contributed by atoms with Crippen LogP contribution in [0.15, 0.2) is 18.7 Å². The van der Waals surface area contributed by atoms with Crippen LogP contribution in [0.25, 0.3) is 22.6 Å². The molecule has 3 aromatic rings. The molecule has 3 aromatic heterocycles. The van der Waals surface area contributed by atoms with E-state index >= 15 is 0 Å². The maximum atomic E-state index is 13.5. The Morgan fingerprint density at radius 1 is 1.15 bits per heavy atom. The lowest BCUT2D eigenvalue weighted by Gasteiger charge is -2.37. The number of aryl methyl sites for hydroxylation is 2. The molecule has 0 bridgehead atoms. The maximum Gasteiger partial charge on any atom is 0.245 e. The van der Waals surface area contributed by atoms with Gasteiger partial charge in [0, 0.05) is 32.0 Å². The van der Waals surface area contributed by atoms with Crippen LogP contribution in [-0.2, 0) is 16.1 Å². The standard InChI is InChI=1S/C23H30N8O2/c1-5-31-21(17-8-24-15(4)25-9-17)29-19-20(26-12-27-22(19)31)28-18(16-6-7-16)23(32)30-10-13(2)33-14(3)11-30/h8-9,12-14,16,18H,5-7,10-11H2,1-4H3,(H,26,27,28)/t13?,14?,18-/m0/s1. The Morgan fingerprint density at radius 3 is 2.48 bits per heavy atom. The monoisotopic (exact) mass is 450 g/mol. The minimum absolute atomic E-state index is 0.0304. The number of imidazole rings is 1. The predicted octanol–water partition coefficient (Wildman–Crippen LogP) is 2.44. The molecule has 2 fully saturated rings. The fourth-order valence-corrected chi connectivity index (χ4v) is 4.58. The average molecular weight is 451 g/mol. The minimum Gasteiger partial charge on any atom is -0.372 e. The summed E-state index contributed by atoms with van der Waals surface area (Å²) in [5.74, 6) is 2.43. The quantitative estimate of drug-likeness (QED) is 0.610. The molecule has 10 heteroatoms. The Morgan fingerprint density at radius 2 is 1.85 bits per heavy atom. The summed E-state index contributed by atoms with van der Waals surface area (Å²) in [6.07, 6.45) is 7.19. The summed E-state index contributed by atoms with van der Waals surface area (Å²) in [6, 6.07) is -0.335. The van der Waals surface area contributed by atoms with Crippen LogP contribution in [0.1, 0.15) is 39.4 Å². The van der Waals surface area contributed by atoms with Gasteiger partial charge in [-0.3, -0.25) is 4.79 Å². The molecule has 1 saturated heterocycles. The van der Waals surface area contributed by atoms with Crippen molar-refractivity contribution in [2.75, 3.05) is 18.4 Å². The number of amides is 1. The van der Waals surface area contributed by atoms with Crippen molar-refractivity contribution in [2.45, 2.75) is 65.3 Å². The fraction of sp³-hybridized carbons (Fsp3) is 0.565. The zero-order valence-corrected chi connectivity index (χ0v) is 19.5. The van der Waals surface area contributed by atoms with Crippen molar-refractivity contribution in [3.63, 3.8) is 0 Å². The smallest absolute Gasteiger partial charge is 0.245 e. The lowest BCUT2D eigenvalue weighted by molar-refractivity contribution is -0.144. The third kappa shape index (κ3) is 4.27. The number of nitrogens with one attached hydrogen (secondary N) is 1. The number of ether oxygens (including phenoxy) is 1. The summed E-state index contributed by atoms with van der Waals surface area (Å²) in [5.41, 5.74) is 2.19. The molecule has 1 aliphatic heterocycles. The van der Waals surface area contributed by atoms with Gasteiger partial charge >= 0.3 is 0 Å². The zero-order valence-electron chi connectivity index (χ0n) is 19.5. The number of fused-ring (bicyclic) bond motifs is 1. The van der Waals surface area contributed by atoms with E-state index in [9.17, 15) is 4.79 Å². The van der Waals surface area contributed by atoms with Gasteiger partial charge in [-0.05, 0) is 46.5 Å². The van der Waals surface area contributed by atoms with Gasteiger partial charge in [-0.25, -0.2) is 24.9 Å². The van der Waals surface area contributed by atoms with Crippen LogP contribution in [0.4, 0.5) is 5.82 Å². The number of carbonyl (C=O) groups excluding carboxylic acids is 1. The van der Waals surface area contributed by atoms with Crippen molar-refractivity contribution in [3.8, 4) is 11.4 Å². The minimum atomic E-state index is -0.335. The van der Waals surface area contributed by atoms with Gasteiger partial charge in [-0.15, -0.1) is 0 Å². The molecule has 174 valence electrons. The number of hydrogen-bond donors (Lipinski definition) is 1.